The molecule has 172 valence electrons. The molecule has 0 saturated heterocycles. The Morgan fingerprint density at radius 3 is 1.10 bits per heavy atom. The third-order valence-electron chi connectivity index (χ3n) is 5.69. The second kappa shape index (κ2) is 14.6. The van der Waals surface area contributed by atoms with Crippen LogP contribution in [0.25, 0.3) is 0 Å². The zero-order valence-electron chi connectivity index (χ0n) is 20.6. The predicted molar refractivity (Wildman–Crippen MR) is 146 cm³/mol. The second-order valence-electron chi connectivity index (χ2n) is 8.06. The van der Waals surface area contributed by atoms with Crippen molar-refractivity contribution in [1.82, 2.24) is 0 Å². The lowest BCUT2D eigenvalue weighted by Crippen LogP contribution is -1.99. The van der Waals surface area contributed by atoms with Crippen molar-refractivity contribution in [2.45, 2.75) is 112 Å². The Kier molecular flexibility index (Phi) is 12.6. The molecule has 0 saturated carbocycles. The quantitative estimate of drug-likeness (QED) is 0.197. The van der Waals surface area contributed by atoms with Crippen molar-refractivity contribution in [3.8, 4) is 0 Å². The Hall–Kier alpha value is -0.510. The van der Waals surface area contributed by atoms with Gasteiger partial charge in [0, 0.05) is 19.6 Å². The van der Waals surface area contributed by atoms with E-state index in [2.05, 4.69) is 65.8 Å². The van der Waals surface area contributed by atoms with Crippen molar-refractivity contribution >= 4 is 35.3 Å². The zero-order valence-corrected chi connectivity index (χ0v) is 23.1. The maximum atomic E-state index is 2.47. The van der Waals surface area contributed by atoms with Gasteiger partial charge in [-0.05, 0) is 96.5 Å². The summed E-state index contributed by atoms with van der Waals surface area (Å²) in [7, 11) is 0. The Labute approximate surface area is 205 Å². The summed E-state index contributed by atoms with van der Waals surface area (Å²) in [5, 5.41) is 0. The van der Waals surface area contributed by atoms with Gasteiger partial charge in [-0.25, -0.2) is 0 Å². The molecule has 0 fully saturated rings. The lowest BCUT2D eigenvalue weighted by atomic mass is 10.1. The van der Waals surface area contributed by atoms with Crippen molar-refractivity contribution in [3.63, 3.8) is 0 Å². The van der Waals surface area contributed by atoms with Crippen LogP contribution in [0.5, 0.6) is 0 Å². The maximum absolute atomic E-state index is 2.47. The van der Waals surface area contributed by atoms with E-state index in [-0.39, 0.29) is 0 Å². The van der Waals surface area contributed by atoms with E-state index in [0.717, 1.165) is 25.7 Å². The fourth-order valence-corrected chi connectivity index (χ4v) is 7.48. The van der Waals surface area contributed by atoms with Crippen LogP contribution in [-0.2, 0) is 25.7 Å². The van der Waals surface area contributed by atoms with Gasteiger partial charge in [0.1, 0.15) is 0 Å². The Balaban J connectivity index is 2.41. The smallest absolute Gasteiger partial charge is 0.0187 e. The van der Waals surface area contributed by atoms with Crippen LogP contribution in [0.3, 0.4) is 0 Å². The number of aryl methyl sites for hydroxylation is 4. The highest BCUT2D eigenvalue weighted by Gasteiger charge is 2.16. The molecule has 0 atom stereocenters. The summed E-state index contributed by atoms with van der Waals surface area (Å²) < 4.78 is 0. The Morgan fingerprint density at radius 2 is 0.839 bits per heavy atom. The molecule has 3 heteroatoms. The van der Waals surface area contributed by atoms with E-state index in [1.165, 1.54) is 79.0 Å². The summed E-state index contributed by atoms with van der Waals surface area (Å²) >= 11 is 6.12. The maximum Gasteiger partial charge on any atom is 0.0187 e. The van der Waals surface area contributed by atoms with E-state index in [0.29, 0.717) is 0 Å². The molecular formula is C28H42S3. The van der Waals surface area contributed by atoms with Crippen molar-refractivity contribution in [2.24, 2.45) is 0 Å². The number of benzene rings is 2. The summed E-state index contributed by atoms with van der Waals surface area (Å²) in [4.78, 5) is 5.95. The van der Waals surface area contributed by atoms with Crippen LogP contribution in [0, 0.1) is 0 Å². The van der Waals surface area contributed by atoms with E-state index >= 15 is 0 Å². The van der Waals surface area contributed by atoms with Gasteiger partial charge in [-0.2, -0.15) is 0 Å². The average molecular weight is 475 g/mol. The van der Waals surface area contributed by atoms with Crippen LogP contribution in [0.2, 0.25) is 0 Å². The lowest BCUT2D eigenvalue weighted by molar-refractivity contribution is 0.895. The molecule has 0 amide bonds. The lowest BCUT2D eigenvalue weighted by Gasteiger charge is -2.20. The van der Waals surface area contributed by atoms with Crippen LogP contribution in [0.1, 0.15) is 89.5 Å². The third-order valence-corrected chi connectivity index (χ3v) is 9.27. The number of hydrogen-bond donors (Lipinski definition) is 0. The zero-order chi connectivity index (χ0) is 22.6. The third kappa shape index (κ3) is 7.79. The normalized spacial score (nSPS) is 11.3. The second-order valence-corrected chi connectivity index (χ2v) is 11.4. The largest absolute Gasteiger partial charge is 0.126 e. The molecule has 2 aromatic carbocycles. The molecule has 0 nitrogen and oxygen atoms in total. The van der Waals surface area contributed by atoms with Gasteiger partial charge in [0.2, 0.25) is 0 Å². The molecule has 0 N–H and O–H groups in total. The van der Waals surface area contributed by atoms with E-state index in [1.807, 2.05) is 35.3 Å². The number of rotatable bonds is 14. The van der Waals surface area contributed by atoms with Crippen molar-refractivity contribution in [2.75, 3.05) is 11.5 Å². The van der Waals surface area contributed by atoms with E-state index in [1.54, 1.807) is 0 Å². The van der Waals surface area contributed by atoms with Crippen molar-refractivity contribution in [1.29, 1.82) is 0 Å². The van der Waals surface area contributed by atoms with E-state index in [4.69, 9.17) is 0 Å². The molecule has 0 radical (unpaired) electrons. The first-order chi connectivity index (χ1) is 15.1. The molecule has 0 aromatic heterocycles. The highest BCUT2D eigenvalue weighted by molar-refractivity contribution is 8.00. The fraction of sp³-hybridized carbons (Fsp3) is 0.571. The van der Waals surface area contributed by atoms with Crippen molar-refractivity contribution in [3.05, 3.63) is 46.5 Å². The van der Waals surface area contributed by atoms with Crippen LogP contribution in [0.15, 0.2) is 43.8 Å². The standard InChI is InChI=1S/C28H42S3/c1-7-13-15-29-25-17-21(9-3)27(22(10-4)18-25)31-28-23(11-5)19-26(20-24(28)12-6)30-16-14-8-2/h17-20H,7-16H2,1-6H3. The molecule has 0 aliphatic carbocycles. The van der Waals surface area contributed by atoms with Crippen LogP contribution in [-0.4, -0.2) is 11.5 Å². The molecule has 31 heavy (non-hydrogen) atoms. The van der Waals surface area contributed by atoms with Gasteiger partial charge in [0.25, 0.3) is 0 Å². The monoisotopic (exact) mass is 474 g/mol. The van der Waals surface area contributed by atoms with Gasteiger partial charge in [-0.3, -0.25) is 0 Å². The molecule has 2 rings (SSSR count). The molecule has 0 heterocycles. The molecular weight excluding hydrogens is 433 g/mol. The summed E-state index contributed by atoms with van der Waals surface area (Å²) in [6.45, 7) is 13.8. The highest BCUT2D eigenvalue weighted by atomic mass is 32.2. The van der Waals surface area contributed by atoms with Crippen LogP contribution < -0.4 is 0 Å². The summed E-state index contributed by atoms with van der Waals surface area (Å²) in [6, 6.07) is 9.87. The number of thioether (sulfide) groups is 2. The number of hydrogen-bond acceptors (Lipinski definition) is 3. The number of unbranched alkanes of at least 4 members (excludes halogenated alkanes) is 2. The van der Waals surface area contributed by atoms with Gasteiger partial charge in [-0.1, -0.05) is 66.1 Å². The van der Waals surface area contributed by atoms with Gasteiger partial charge in [0.15, 0.2) is 0 Å². The SMILES string of the molecule is CCCCSc1cc(CC)c(Sc2c(CC)cc(SCCCC)cc2CC)c(CC)c1. The molecule has 0 aliphatic heterocycles. The molecule has 0 spiro atoms. The van der Waals surface area contributed by atoms with Crippen LogP contribution >= 0.6 is 35.3 Å². The van der Waals surface area contributed by atoms with Gasteiger partial charge in [0.05, 0.1) is 0 Å². The van der Waals surface area contributed by atoms with E-state index < -0.39 is 0 Å². The summed E-state index contributed by atoms with van der Waals surface area (Å²) in [5.74, 6) is 2.46. The first-order valence-corrected chi connectivity index (χ1v) is 15.1. The molecule has 0 aliphatic rings. The molecule has 0 bridgehead atoms. The van der Waals surface area contributed by atoms with Crippen LogP contribution in [0.4, 0.5) is 0 Å². The van der Waals surface area contributed by atoms with Gasteiger partial charge < -0.3 is 0 Å². The summed E-state index contributed by atoms with van der Waals surface area (Å²) in [5.41, 5.74) is 6.09. The Bertz CT molecular complexity index is 692. The van der Waals surface area contributed by atoms with E-state index in [9.17, 15) is 0 Å². The molecule has 2 aromatic rings. The summed E-state index contributed by atoms with van der Waals surface area (Å²) in [6.07, 6.45) is 9.55. The minimum atomic E-state index is 1.10. The topological polar surface area (TPSA) is 0 Å². The average Bonchev–Trinajstić information content (AvgIpc) is 2.80. The fourth-order valence-electron chi connectivity index (χ4n) is 3.69. The van der Waals surface area contributed by atoms with Gasteiger partial charge >= 0.3 is 0 Å². The molecule has 0 unspecified atom stereocenters. The highest BCUT2D eigenvalue weighted by Crippen LogP contribution is 2.42. The minimum Gasteiger partial charge on any atom is -0.126 e. The first kappa shape index (κ1) is 26.7. The Morgan fingerprint density at radius 1 is 0.516 bits per heavy atom. The van der Waals surface area contributed by atoms with Gasteiger partial charge in [-0.15, -0.1) is 23.5 Å². The minimum absolute atomic E-state index is 1.10. The first-order valence-electron chi connectivity index (χ1n) is 12.4. The predicted octanol–water partition coefficient (Wildman–Crippen LogP) is 9.87. The van der Waals surface area contributed by atoms with Crippen molar-refractivity contribution < 1.29 is 0 Å².